The second-order valence-corrected chi connectivity index (χ2v) is 34.1. The van der Waals surface area contributed by atoms with E-state index in [0.29, 0.717) is 43.3 Å². The summed E-state index contributed by atoms with van der Waals surface area (Å²) >= 11 is 5.37. The van der Waals surface area contributed by atoms with Crippen LogP contribution in [0.5, 0.6) is 0 Å². The molecule has 4 nitrogen and oxygen atoms in total. The summed E-state index contributed by atoms with van der Waals surface area (Å²) in [6, 6.07) is 44.4. The van der Waals surface area contributed by atoms with Gasteiger partial charge in [0.2, 0.25) is 0 Å². The summed E-state index contributed by atoms with van der Waals surface area (Å²) in [5, 5.41) is 16.5. The molecule has 0 bridgehead atoms. The molecule has 0 fully saturated rings. The number of benzene rings is 3. The Balaban J connectivity index is -0.000000127. The molecule has 0 aliphatic rings. The largest absolute Gasteiger partial charge is 0.358 e. The van der Waals surface area contributed by atoms with Crippen LogP contribution in [0.3, 0.4) is 0 Å². The van der Waals surface area contributed by atoms with Gasteiger partial charge < -0.3 is 7.43 Å². The Morgan fingerprint density at radius 3 is 1.00 bits per heavy atom. The van der Waals surface area contributed by atoms with Crippen molar-refractivity contribution in [2.24, 2.45) is 37.9 Å². The Kier molecular flexibility index (Phi) is 72.9. The van der Waals surface area contributed by atoms with E-state index in [9.17, 15) is 0 Å². The van der Waals surface area contributed by atoms with Crippen LogP contribution in [0.15, 0.2) is 174 Å². The maximum atomic E-state index is 4.26. The first-order chi connectivity index (χ1) is 43.2. The van der Waals surface area contributed by atoms with Gasteiger partial charge in [0.15, 0.2) is 0 Å². The molecule has 0 amide bonds. The van der Waals surface area contributed by atoms with Crippen molar-refractivity contribution in [1.82, 2.24) is 20.2 Å². The minimum Gasteiger partial charge on any atom is -0.358 e. The van der Waals surface area contributed by atoms with Crippen LogP contribution < -0.4 is 0 Å². The van der Waals surface area contributed by atoms with Crippen LogP contribution in [0.2, 0.25) is 0 Å². The second-order valence-electron chi connectivity index (χ2n) is 31.3. The molecule has 0 aliphatic carbocycles. The maximum Gasteiger partial charge on any atom is 0.0930 e. The quantitative estimate of drug-likeness (QED) is 0.162. The third kappa shape index (κ3) is 80.2. The number of H-pyrrole nitrogens is 1. The second kappa shape index (κ2) is 62.8. The molecule has 5 heterocycles. The van der Waals surface area contributed by atoms with Gasteiger partial charge in [-0.25, -0.2) is 4.98 Å². The van der Waals surface area contributed by atoms with Gasteiger partial charge >= 0.3 is 0 Å². The van der Waals surface area contributed by atoms with E-state index in [4.69, 9.17) is 0 Å². The van der Waals surface area contributed by atoms with Crippen molar-refractivity contribution in [1.29, 1.82) is 0 Å². The first-order valence-corrected chi connectivity index (χ1v) is 37.8. The minimum atomic E-state index is 0. The Hall–Kier alpha value is -2.96. The number of aromatic nitrogens is 4. The zero-order valence-corrected chi connectivity index (χ0v) is 79.5. The Labute approximate surface area is 657 Å². The fraction of sp³-hybridized carbons (Fsp3) is 0.563. The number of rotatable bonds is 7. The number of hydrogen-bond donors (Lipinski definition) is 1. The first-order valence-electron chi connectivity index (χ1n) is 35.1. The number of nitrogens with one attached hydrogen (secondary N) is 1. The monoisotopic (exact) mass is 1910 g/mol. The third-order valence-corrected chi connectivity index (χ3v) is 13.7. The molecule has 0 aliphatic heterocycles. The van der Waals surface area contributed by atoms with Crippen LogP contribution in [0.4, 0.5) is 0 Å². The molecule has 557 valence electrons. The molecular weight excluding hydrogens is 1760 g/mol. The van der Waals surface area contributed by atoms with Gasteiger partial charge in [-0.3, -0.25) is 10.1 Å². The van der Waals surface area contributed by atoms with Gasteiger partial charge in [-0.15, -0.1) is 22.7 Å². The van der Waals surface area contributed by atoms with Crippen LogP contribution in [0.25, 0.3) is 0 Å². The van der Waals surface area contributed by atoms with Crippen LogP contribution in [-0.4, -0.2) is 20.2 Å². The number of nitrogens with zero attached hydrogens (tertiary/aromatic N) is 3. The molecule has 1 N–H and O–H groups in total. The summed E-state index contributed by atoms with van der Waals surface area (Å²) in [5.41, 5.74) is 11.2. The minimum absolute atomic E-state index is 0. The summed E-state index contributed by atoms with van der Waals surface area (Å²) in [4.78, 5) is 9.98. The van der Waals surface area contributed by atoms with Crippen molar-refractivity contribution >= 4 is 34.0 Å². The number of hydrogen-bond acceptors (Lipinski definition) is 6. The predicted molar refractivity (Wildman–Crippen MR) is 437 cm³/mol. The van der Waals surface area contributed by atoms with Gasteiger partial charge in [-0.05, 0) is 150 Å². The maximum absolute atomic E-state index is 4.26. The zero-order chi connectivity index (χ0) is 73.0. The molecule has 0 atom stereocenters. The van der Waals surface area contributed by atoms with E-state index in [1.54, 1.807) is 22.7 Å². The van der Waals surface area contributed by atoms with Gasteiger partial charge in [-0.2, -0.15) is 16.4 Å². The fourth-order valence-electron chi connectivity index (χ4n) is 8.12. The van der Waals surface area contributed by atoms with Gasteiger partial charge in [0.1, 0.15) is 0 Å². The van der Waals surface area contributed by atoms with E-state index in [1.807, 2.05) is 123 Å². The normalized spacial score (nSPS) is 10.3. The number of pyridine rings is 1. The molecular formula is C87H149N4Re3S3-. The Bertz CT molecular complexity index is 2420. The summed E-state index contributed by atoms with van der Waals surface area (Å²) in [5.74, 6) is 0. The third-order valence-electron chi connectivity index (χ3n) is 11.3. The van der Waals surface area contributed by atoms with Crippen molar-refractivity contribution in [2.75, 3.05) is 0 Å². The van der Waals surface area contributed by atoms with Gasteiger partial charge in [0, 0.05) is 102 Å². The van der Waals surface area contributed by atoms with Gasteiger partial charge in [0.25, 0.3) is 0 Å². The summed E-state index contributed by atoms with van der Waals surface area (Å²) in [6.45, 7) is 73.9. The van der Waals surface area contributed by atoms with Crippen LogP contribution in [0, 0.1) is 45.3 Å². The van der Waals surface area contributed by atoms with E-state index >= 15 is 0 Å². The molecule has 0 saturated carbocycles. The average Bonchev–Trinajstić information content (AvgIpc) is 2.43. The SMILES string of the molecule is CC.CC.CC.CC.CC.CC(C)(C)Cc1ccccc1.CC(C)(C)Cc1ccccc1.CC(C)(C)Cc1ccccn1.CC(C)(C)Cc1cccs1.CC(C)(C)Cc1ccsc1.CC(C)(C)Cc1cn[nH]c1.CC(C)(C)Cc1nccs1.CC(C)(C)c1ccccc1.[CH3-].[Re].[Re].[Re]. The Morgan fingerprint density at radius 2 is 0.711 bits per heavy atom. The molecule has 8 aromatic rings. The first kappa shape index (κ1) is 113. The summed E-state index contributed by atoms with van der Waals surface area (Å²) in [6.07, 6.45) is 15.5. The van der Waals surface area contributed by atoms with E-state index in [0.717, 1.165) is 32.1 Å². The summed E-state index contributed by atoms with van der Waals surface area (Å²) < 4.78 is 0. The van der Waals surface area contributed by atoms with Crippen LogP contribution >= 0.6 is 34.0 Å². The molecule has 0 spiro atoms. The van der Waals surface area contributed by atoms with E-state index in [-0.39, 0.29) is 68.7 Å². The standard InChI is InChI=1S/2C11H16.C10H15N.C10H14.2C9H14S.C8H14N2.C8H13NS.5C2H6.CH3.3Re/c2*1-11(2,3)9-10-7-5-4-6-8-10;1-10(2,3)8-9-6-4-5-7-11-9;1-10(2,3)9-7-5-4-6-8-9;1-9(2,3)6-8-4-5-10-7-8;1-9(2,3)7-8-5-4-6-10-8;1-8(2,3)4-7-5-9-10-6-7;1-8(2,3)6-7-9-4-5-10-7;5*1-2;;;;/h2*4-8H,9H2,1-3H3;4-7H,8H2,1-3H3;4-8H,1-3H3;4-5,7H,6H2,1-3H3;4-6H,7H2,1-3H3;5-6H,4H2,1-3H3,(H,9,10);4-5H,6H2,1-3H3;5*1-2H3;1H3;;;/q;;;;;;;;;;;;;-1;;;. The smallest absolute Gasteiger partial charge is 0.0930 e. The molecule has 3 radical (unpaired) electrons. The average molecular weight is 1910 g/mol. The number of thiophene rings is 2. The van der Waals surface area contributed by atoms with Crippen LogP contribution in [0.1, 0.15) is 279 Å². The molecule has 5 aromatic heterocycles. The molecule has 97 heavy (non-hydrogen) atoms. The van der Waals surface area contributed by atoms with E-state index < -0.39 is 0 Å². The molecule has 8 rings (SSSR count). The van der Waals surface area contributed by atoms with Crippen LogP contribution in [-0.2, 0) is 112 Å². The number of aromatic amines is 1. The van der Waals surface area contributed by atoms with Crippen molar-refractivity contribution < 1.29 is 61.3 Å². The van der Waals surface area contributed by atoms with Crippen molar-refractivity contribution in [2.45, 2.75) is 286 Å². The molecule has 3 aromatic carbocycles. The fourth-order valence-corrected chi connectivity index (χ4v) is 10.7. The zero-order valence-electron chi connectivity index (χ0n) is 68.9. The summed E-state index contributed by atoms with van der Waals surface area (Å²) in [7, 11) is 0. The molecule has 0 saturated heterocycles. The van der Waals surface area contributed by atoms with Crippen molar-refractivity contribution in [3.05, 3.63) is 225 Å². The number of thiazole rings is 1. The Morgan fingerprint density at radius 1 is 0.330 bits per heavy atom. The van der Waals surface area contributed by atoms with Gasteiger partial charge in [0.05, 0.1) is 11.2 Å². The van der Waals surface area contributed by atoms with Crippen molar-refractivity contribution in [3.63, 3.8) is 0 Å². The van der Waals surface area contributed by atoms with Gasteiger partial charge in [-0.1, -0.05) is 339 Å². The topological polar surface area (TPSA) is 54.5 Å². The predicted octanol–water partition coefficient (Wildman–Crippen LogP) is 29.2. The van der Waals surface area contributed by atoms with E-state index in [2.05, 4.69) is 318 Å². The molecule has 0 unspecified atom stereocenters. The molecule has 10 heteroatoms. The van der Waals surface area contributed by atoms with E-state index in [1.165, 1.54) is 56.2 Å². The van der Waals surface area contributed by atoms with Crippen molar-refractivity contribution in [3.8, 4) is 0 Å².